The van der Waals surface area contributed by atoms with E-state index >= 15 is 0 Å². The van der Waals surface area contributed by atoms with Crippen molar-refractivity contribution in [2.75, 3.05) is 0 Å². The van der Waals surface area contributed by atoms with Gasteiger partial charge < -0.3 is 14.6 Å². The van der Waals surface area contributed by atoms with Crippen LogP contribution in [0.25, 0.3) is 10.8 Å². The highest BCUT2D eigenvalue weighted by molar-refractivity contribution is 5.94. The number of amides is 1. The van der Waals surface area contributed by atoms with Crippen LogP contribution in [0.15, 0.2) is 65.5 Å². The van der Waals surface area contributed by atoms with E-state index in [4.69, 9.17) is 4.74 Å². The molecule has 0 aliphatic heterocycles. The van der Waals surface area contributed by atoms with Gasteiger partial charge in [0.05, 0.1) is 0 Å². The summed E-state index contributed by atoms with van der Waals surface area (Å²) in [5.74, 6) is -1.05. The number of ether oxygens (including phenoxy) is 1. The lowest BCUT2D eigenvalue weighted by Crippen LogP contribution is -2.49. The second kappa shape index (κ2) is 8.53. The number of rotatable bonds is 5. The number of aromatic amines is 1. The van der Waals surface area contributed by atoms with Crippen LogP contribution >= 0.6 is 0 Å². The van der Waals surface area contributed by atoms with Crippen LogP contribution in [0, 0.1) is 0 Å². The Labute approximate surface area is 175 Å². The van der Waals surface area contributed by atoms with E-state index in [1.54, 1.807) is 42.2 Å². The first-order valence-corrected chi connectivity index (χ1v) is 9.85. The molecule has 1 aromatic heterocycles. The van der Waals surface area contributed by atoms with Gasteiger partial charge in [0.2, 0.25) is 0 Å². The van der Waals surface area contributed by atoms with Crippen molar-refractivity contribution in [2.45, 2.75) is 45.9 Å². The van der Waals surface area contributed by atoms with E-state index in [2.05, 4.69) is 4.98 Å². The van der Waals surface area contributed by atoms with Crippen molar-refractivity contribution >= 4 is 22.6 Å². The zero-order valence-corrected chi connectivity index (χ0v) is 17.6. The minimum absolute atomic E-state index is 0.0173. The van der Waals surface area contributed by atoms with Crippen LogP contribution in [0.1, 0.15) is 43.7 Å². The molecule has 3 aromatic rings. The highest BCUT2D eigenvalue weighted by atomic mass is 16.5. The van der Waals surface area contributed by atoms with E-state index in [0.29, 0.717) is 17.3 Å². The Bertz CT molecular complexity index is 1110. The fourth-order valence-corrected chi connectivity index (χ4v) is 3.23. The molecule has 0 fully saturated rings. The SMILES string of the molecule is C[C@H](OC(=O)c1cc2ccccc2c(=O)[nH]1)C(=O)N(Cc1ccccc1)C(C)(C)C. The van der Waals surface area contributed by atoms with E-state index in [0.717, 1.165) is 5.56 Å². The summed E-state index contributed by atoms with van der Waals surface area (Å²) < 4.78 is 5.42. The second-order valence-electron chi connectivity index (χ2n) is 8.23. The molecule has 0 aliphatic rings. The standard InChI is InChI=1S/C24H26N2O4/c1-16(22(28)26(24(2,3)4)15-17-10-6-5-7-11-17)30-23(29)20-14-18-12-8-9-13-19(18)21(27)25-20/h5-14,16H,15H2,1-4H3,(H,25,27)/t16-/m0/s1. The number of nitrogens with one attached hydrogen (secondary N) is 1. The zero-order valence-electron chi connectivity index (χ0n) is 17.6. The monoisotopic (exact) mass is 406 g/mol. The summed E-state index contributed by atoms with van der Waals surface area (Å²) in [5, 5.41) is 1.12. The maximum absolute atomic E-state index is 13.1. The van der Waals surface area contributed by atoms with Crippen molar-refractivity contribution in [3.8, 4) is 0 Å². The second-order valence-corrected chi connectivity index (χ2v) is 8.23. The molecule has 0 radical (unpaired) electrons. The van der Waals surface area contributed by atoms with Crippen LogP contribution in [-0.4, -0.2) is 33.4 Å². The highest BCUT2D eigenvalue weighted by Gasteiger charge is 2.32. The molecule has 1 amide bonds. The molecule has 1 N–H and O–H groups in total. The summed E-state index contributed by atoms with van der Waals surface area (Å²) in [6.07, 6.45) is -1.00. The third-order valence-electron chi connectivity index (χ3n) is 4.86. The van der Waals surface area contributed by atoms with Crippen LogP contribution < -0.4 is 5.56 Å². The van der Waals surface area contributed by atoms with Gasteiger partial charge in [0.15, 0.2) is 6.10 Å². The number of aromatic nitrogens is 1. The first-order chi connectivity index (χ1) is 14.2. The zero-order chi connectivity index (χ0) is 21.9. The number of pyridine rings is 1. The molecular formula is C24H26N2O4. The molecule has 3 rings (SSSR count). The predicted octanol–water partition coefficient (Wildman–Crippen LogP) is 3.90. The number of fused-ring (bicyclic) bond motifs is 1. The van der Waals surface area contributed by atoms with Gasteiger partial charge in [0, 0.05) is 17.5 Å². The van der Waals surface area contributed by atoms with Crippen LogP contribution in [0.5, 0.6) is 0 Å². The summed E-state index contributed by atoms with van der Waals surface area (Å²) in [4.78, 5) is 42.2. The Morgan fingerprint density at radius 1 is 1.03 bits per heavy atom. The van der Waals surface area contributed by atoms with Crippen molar-refractivity contribution in [3.63, 3.8) is 0 Å². The van der Waals surface area contributed by atoms with Gasteiger partial charge in [-0.1, -0.05) is 48.5 Å². The average molecular weight is 406 g/mol. The summed E-state index contributed by atoms with van der Waals surface area (Å²) in [7, 11) is 0. The summed E-state index contributed by atoms with van der Waals surface area (Å²) in [6.45, 7) is 7.75. The van der Waals surface area contributed by atoms with Crippen LogP contribution in [0.4, 0.5) is 0 Å². The quantitative estimate of drug-likeness (QED) is 0.652. The Kier molecular flexibility index (Phi) is 6.06. The van der Waals surface area contributed by atoms with Crippen molar-refractivity contribution < 1.29 is 14.3 Å². The molecule has 1 heterocycles. The maximum atomic E-state index is 13.1. The Hall–Kier alpha value is -3.41. The van der Waals surface area contributed by atoms with Gasteiger partial charge in [-0.05, 0) is 50.8 Å². The molecule has 6 heteroatoms. The van der Waals surface area contributed by atoms with Crippen LogP contribution in [-0.2, 0) is 16.1 Å². The lowest BCUT2D eigenvalue weighted by Gasteiger charge is -2.37. The lowest BCUT2D eigenvalue weighted by atomic mass is 10.0. The lowest BCUT2D eigenvalue weighted by molar-refractivity contribution is -0.145. The molecule has 0 saturated heterocycles. The molecule has 0 aliphatic carbocycles. The highest BCUT2D eigenvalue weighted by Crippen LogP contribution is 2.20. The van der Waals surface area contributed by atoms with Gasteiger partial charge in [-0.15, -0.1) is 0 Å². The van der Waals surface area contributed by atoms with Crippen molar-refractivity contribution in [3.05, 3.63) is 82.3 Å². The molecule has 0 spiro atoms. The van der Waals surface area contributed by atoms with E-state index in [9.17, 15) is 14.4 Å². The van der Waals surface area contributed by atoms with Crippen molar-refractivity contribution in [1.82, 2.24) is 9.88 Å². The molecule has 0 saturated carbocycles. The third-order valence-corrected chi connectivity index (χ3v) is 4.86. The third kappa shape index (κ3) is 4.76. The normalized spacial score (nSPS) is 12.4. The fourth-order valence-electron chi connectivity index (χ4n) is 3.23. The number of esters is 1. The molecule has 30 heavy (non-hydrogen) atoms. The Morgan fingerprint density at radius 2 is 1.67 bits per heavy atom. The average Bonchev–Trinajstić information content (AvgIpc) is 2.71. The molecule has 0 bridgehead atoms. The van der Waals surface area contributed by atoms with Gasteiger partial charge in [0.1, 0.15) is 5.69 Å². The number of H-pyrrole nitrogens is 1. The Morgan fingerprint density at radius 3 is 2.33 bits per heavy atom. The number of benzene rings is 2. The van der Waals surface area contributed by atoms with E-state index in [1.807, 2.05) is 51.1 Å². The fraction of sp³-hybridized carbons (Fsp3) is 0.292. The molecule has 156 valence electrons. The minimum atomic E-state index is -1.00. The molecule has 0 unspecified atom stereocenters. The van der Waals surface area contributed by atoms with E-state index in [1.165, 1.54) is 0 Å². The Balaban J connectivity index is 1.79. The summed E-state index contributed by atoms with van der Waals surface area (Å²) in [6, 6.07) is 18.2. The van der Waals surface area contributed by atoms with Gasteiger partial charge in [-0.3, -0.25) is 9.59 Å². The number of hydrogen-bond donors (Lipinski definition) is 1. The van der Waals surface area contributed by atoms with Gasteiger partial charge in [-0.25, -0.2) is 4.79 Å². The van der Waals surface area contributed by atoms with Gasteiger partial charge >= 0.3 is 5.97 Å². The minimum Gasteiger partial charge on any atom is -0.448 e. The van der Waals surface area contributed by atoms with Crippen LogP contribution in [0.3, 0.4) is 0 Å². The van der Waals surface area contributed by atoms with Gasteiger partial charge in [-0.2, -0.15) is 0 Å². The number of carbonyl (C=O) groups is 2. The van der Waals surface area contributed by atoms with Crippen molar-refractivity contribution in [1.29, 1.82) is 0 Å². The number of carbonyl (C=O) groups excluding carboxylic acids is 2. The molecule has 6 nitrogen and oxygen atoms in total. The van der Waals surface area contributed by atoms with Crippen LogP contribution in [0.2, 0.25) is 0 Å². The summed E-state index contributed by atoms with van der Waals surface area (Å²) >= 11 is 0. The van der Waals surface area contributed by atoms with E-state index < -0.39 is 17.6 Å². The molecule has 1 atom stereocenters. The molecule has 2 aromatic carbocycles. The number of nitrogens with zero attached hydrogens (tertiary/aromatic N) is 1. The number of hydrogen-bond acceptors (Lipinski definition) is 4. The smallest absolute Gasteiger partial charge is 0.355 e. The topological polar surface area (TPSA) is 79.5 Å². The largest absolute Gasteiger partial charge is 0.448 e. The predicted molar refractivity (Wildman–Crippen MR) is 116 cm³/mol. The van der Waals surface area contributed by atoms with Crippen molar-refractivity contribution in [2.24, 2.45) is 0 Å². The van der Waals surface area contributed by atoms with Gasteiger partial charge in [0.25, 0.3) is 11.5 Å². The maximum Gasteiger partial charge on any atom is 0.355 e. The first-order valence-electron chi connectivity index (χ1n) is 9.85. The van der Waals surface area contributed by atoms with E-state index in [-0.39, 0.29) is 17.2 Å². The first kappa shape index (κ1) is 21.3. The summed E-state index contributed by atoms with van der Waals surface area (Å²) in [5.41, 5.74) is 0.159. The molecular weight excluding hydrogens is 380 g/mol.